The Balaban J connectivity index is 1.66. The fourth-order valence-corrected chi connectivity index (χ4v) is 3.49. The number of unbranched alkanes of at least 4 members (excludes halogenated alkanes) is 1. The number of thioether (sulfide) groups is 1. The fourth-order valence-electron chi connectivity index (χ4n) is 2.20. The van der Waals surface area contributed by atoms with E-state index in [4.69, 9.17) is 4.74 Å². The van der Waals surface area contributed by atoms with Crippen LogP contribution in [0.4, 0.5) is 0 Å². The molecule has 1 aliphatic heterocycles. The number of rotatable bonds is 8. The third-order valence-corrected chi connectivity index (χ3v) is 4.71. The van der Waals surface area contributed by atoms with Crippen LogP contribution in [0.15, 0.2) is 24.3 Å². The second-order valence-corrected chi connectivity index (χ2v) is 6.36. The molecule has 1 heterocycles. The van der Waals surface area contributed by atoms with Crippen LogP contribution in [0.2, 0.25) is 0 Å². The molecule has 1 unspecified atom stereocenters. The summed E-state index contributed by atoms with van der Waals surface area (Å²) in [6.45, 7) is 5.13. The van der Waals surface area contributed by atoms with Crippen LogP contribution >= 0.6 is 11.8 Å². The summed E-state index contributed by atoms with van der Waals surface area (Å²) in [5.74, 6) is 4.54. The minimum atomic E-state index is 0.827. The Kier molecular flexibility index (Phi) is 6.58. The van der Waals surface area contributed by atoms with Gasteiger partial charge in [-0.25, -0.2) is 0 Å². The van der Waals surface area contributed by atoms with Crippen molar-refractivity contribution in [2.75, 3.05) is 24.7 Å². The molecule has 106 valence electrons. The highest BCUT2D eigenvalue weighted by Crippen LogP contribution is 2.22. The van der Waals surface area contributed by atoms with Gasteiger partial charge in [0.15, 0.2) is 0 Å². The normalized spacial score (nSPS) is 18.7. The van der Waals surface area contributed by atoms with Crippen molar-refractivity contribution < 1.29 is 4.74 Å². The molecular weight excluding hydrogens is 254 g/mol. The highest BCUT2D eigenvalue weighted by Gasteiger charge is 2.14. The summed E-state index contributed by atoms with van der Waals surface area (Å²) in [5.41, 5.74) is 1.34. The Morgan fingerprint density at radius 2 is 2.16 bits per heavy atom. The minimum Gasteiger partial charge on any atom is -0.494 e. The molecule has 2 nitrogen and oxygen atoms in total. The third-order valence-electron chi connectivity index (χ3n) is 3.48. The van der Waals surface area contributed by atoms with Crippen LogP contribution in [0.3, 0.4) is 0 Å². The molecule has 1 aromatic rings. The van der Waals surface area contributed by atoms with Gasteiger partial charge in [-0.1, -0.05) is 25.5 Å². The summed E-state index contributed by atoms with van der Waals surface area (Å²) in [6.07, 6.45) is 3.69. The van der Waals surface area contributed by atoms with Gasteiger partial charge in [0, 0.05) is 6.54 Å². The van der Waals surface area contributed by atoms with Gasteiger partial charge >= 0.3 is 0 Å². The second-order valence-electron chi connectivity index (χ2n) is 5.21. The first-order chi connectivity index (χ1) is 9.38. The van der Waals surface area contributed by atoms with Gasteiger partial charge in [-0.05, 0) is 54.5 Å². The summed E-state index contributed by atoms with van der Waals surface area (Å²) in [5, 5.41) is 3.56. The predicted molar refractivity (Wildman–Crippen MR) is 84.0 cm³/mol. The Morgan fingerprint density at radius 3 is 2.84 bits per heavy atom. The van der Waals surface area contributed by atoms with E-state index < -0.39 is 0 Å². The summed E-state index contributed by atoms with van der Waals surface area (Å²) in [6, 6.07) is 8.49. The van der Waals surface area contributed by atoms with Crippen LogP contribution in [0, 0.1) is 5.92 Å². The summed E-state index contributed by atoms with van der Waals surface area (Å²) in [7, 11) is 0. The van der Waals surface area contributed by atoms with Gasteiger partial charge in [-0.15, -0.1) is 0 Å². The quantitative estimate of drug-likeness (QED) is 0.733. The fraction of sp³-hybridized carbons (Fsp3) is 0.625. The molecule has 3 heteroatoms. The zero-order valence-corrected chi connectivity index (χ0v) is 12.7. The molecule has 0 radical (unpaired) electrons. The summed E-state index contributed by atoms with van der Waals surface area (Å²) >= 11 is 2.08. The molecule has 1 fully saturated rings. The number of hydrogen-bond acceptors (Lipinski definition) is 3. The molecule has 0 spiro atoms. The first-order valence-corrected chi connectivity index (χ1v) is 8.54. The van der Waals surface area contributed by atoms with Crippen molar-refractivity contribution in [2.45, 2.75) is 32.7 Å². The maximum Gasteiger partial charge on any atom is 0.119 e. The van der Waals surface area contributed by atoms with Gasteiger partial charge < -0.3 is 10.1 Å². The molecule has 1 aromatic carbocycles. The van der Waals surface area contributed by atoms with E-state index in [0.29, 0.717) is 0 Å². The first-order valence-electron chi connectivity index (χ1n) is 7.38. The lowest BCUT2D eigenvalue weighted by atomic mass is 10.1. The van der Waals surface area contributed by atoms with Gasteiger partial charge in [0.25, 0.3) is 0 Å². The van der Waals surface area contributed by atoms with E-state index in [1.807, 2.05) is 0 Å². The molecule has 0 amide bonds. The zero-order valence-electron chi connectivity index (χ0n) is 11.9. The number of hydrogen-bond donors (Lipinski definition) is 1. The third kappa shape index (κ3) is 5.45. The van der Waals surface area contributed by atoms with Crippen LogP contribution < -0.4 is 10.1 Å². The molecule has 2 rings (SSSR count). The van der Waals surface area contributed by atoms with E-state index in [0.717, 1.165) is 37.8 Å². The lowest BCUT2D eigenvalue weighted by molar-refractivity contribution is 0.309. The van der Waals surface area contributed by atoms with E-state index in [-0.39, 0.29) is 0 Å². The van der Waals surface area contributed by atoms with Crippen molar-refractivity contribution in [3.05, 3.63) is 29.8 Å². The highest BCUT2D eigenvalue weighted by atomic mass is 32.2. The standard InChI is InChI=1S/C16H25NOS/c1-2-3-9-18-16-6-4-14(5-7-16)11-17-12-15-8-10-19-13-15/h4-7,15,17H,2-3,8-13H2,1H3. The van der Waals surface area contributed by atoms with E-state index in [1.54, 1.807) is 0 Å². The smallest absolute Gasteiger partial charge is 0.119 e. The summed E-state index contributed by atoms with van der Waals surface area (Å²) < 4.78 is 5.66. The van der Waals surface area contributed by atoms with Crippen molar-refractivity contribution >= 4 is 11.8 Å². The van der Waals surface area contributed by atoms with Gasteiger partial charge in [0.2, 0.25) is 0 Å². The van der Waals surface area contributed by atoms with Gasteiger partial charge in [-0.3, -0.25) is 0 Å². The average Bonchev–Trinajstić information content (AvgIpc) is 2.94. The lowest BCUT2D eigenvalue weighted by Crippen LogP contribution is -2.22. The minimum absolute atomic E-state index is 0.827. The Hall–Kier alpha value is -0.670. The van der Waals surface area contributed by atoms with Crippen molar-refractivity contribution in [3.63, 3.8) is 0 Å². The largest absolute Gasteiger partial charge is 0.494 e. The van der Waals surface area contributed by atoms with Crippen LogP contribution in [0.1, 0.15) is 31.7 Å². The molecule has 0 saturated carbocycles. The molecule has 19 heavy (non-hydrogen) atoms. The number of ether oxygens (including phenoxy) is 1. The molecule has 1 atom stereocenters. The van der Waals surface area contributed by atoms with E-state index in [9.17, 15) is 0 Å². The van der Waals surface area contributed by atoms with Gasteiger partial charge in [0.1, 0.15) is 5.75 Å². The predicted octanol–water partition coefficient (Wildman–Crippen LogP) is 3.71. The Morgan fingerprint density at radius 1 is 1.32 bits per heavy atom. The summed E-state index contributed by atoms with van der Waals surface area (Å²) in [4.78, 5) is 0. The molecule has 1 aliphatic rings. The second kappa shape index (κ2) is 8.49. The van der Waals surface area contributed by atoms with E-state index >= 15 is 0 Å². The van der Waals surface area contributed by atoms with E-state index in [2.05, 4.69) is 48.3 Å². The topological polar surface area (TPSA) is 21.3 Å². The molecule has 0 aliphatic carbocycles. The monoisotopic (exact) mass is 279 g/mol. The van der Waals surface area contributed by atoms with Gasteiger partial charge in [0.05, 0.1) is 6.61 Å². The number of benzene rings is 1. The highest BCUT2D eigenvalue weighted by molar-refractivity contribution is 7.99. The maximum absolute atomic E-state index is 5.66. The molecule has 0 aromatic heterocycles. The van der Waals surface area contributed by atoms with Gasteiger partial charge in [-0.2, -0.15) is 11.8 Å². The van der Waals surface area contributed by atoms with Crippen LogP contribution in [0.25, 0.3) is 0 Å². The van der Waals surface area contributed by atoms with Crippen LogP contribution in [-0.4, -0.2) is 24.7 Å². The number of nitrogens with one attached hydrogen (secondary N) is 1. The molecule has 1 saturated heterocycles. The van der Waals surface area contributed by atoms with Crippen molar-refractivity contribution in [1.82, 2.24) is 5.32 Å². The Bertz CT molecular complexity index is 346. The first kappa shape index (κ1) is 14.7. The van der Waals surface area contributed by atoms with Crippen LogP contribution in [-0.2, 0) is 6.54 Å². The van der Waals surface area contributed by atoms with Crippen molar-refractivity contribution in [2.24, 2.45) is 5.92 Å². The Labute approximate surface area is 121 Å². The molecule has 0 bridgehead atoms. The van der Waals surface area contributed by atoms with E-state index in [1.165, 1.54) is 29.9 Å². The maximum atomic E-state index is 5.66. The lowest BCUT2D eigenvalue weighted by Gasteiger charge is -2.10. The van der Waals surface area contributed by atoms with Crippen molar-refractivity contribution in [3.8, 4) is 5.75 Å². The molecular formula is C16H25NOS. The van der Waals surface area contributed by atoms with Crippen LogP contribution in [0.5, 0.6) is 5.75 Å². The molecule has 1 N–H and O–H groups in total. The SMILES string of the molecule is CCCCOc1ccc(CNCC2CCSC2)cc1. The van der Waals surface area contributed by atoms with Crippen molar-refractivity contribution in [1.29, 1.82) is 0 Å². The zero-order chi connectivity index (χ0) is 13.3. The average molecular weight is 279 g/mol.